The zero-order valence-electron chi connectivity index (χ0n) is 12.4. The number of anilines is 1. The van der Waals surface area contributed by atoms with Gasteiger partial charge in [0.1, 0.15) is 6.04 Å². The summed E-state index contributed by atoms with van der Waals surface area (Å²) in [6, 6.07) is 8.80. The Balaban J connectivity index is 1.38. The summed E-state index contributed by atoms with van der Waals surface area (Å²) in [5.74, 6) is 0.285. The Morgan fingerprint density at radius 3 is 2.76 bits per heavy atom. The molecular formula is C17H23N3O. The molecule has 1 amide bonds. The second kappa shape index (κ2) is 5.34. The van der Waals surface area contributed by atoms with Crippen LogP contribution in [0.2, 0.25) is 0 Å². The van der Waals surface area contributed by atoms with Crippen molar-refractivity contribution in [2.75, 3.05) is 31.5 Å². The lowest BCUT2D eigenvalue weighted by Crippen LogP contribution is -2.43. The van der Waals surface area contributed by atoms with Crippen LogP contribution < -0.4 is 5.32 Å². The highest BCUT2D eigenvalue weighted by molar-refractivity contribution is 5.87. The van der Waals surface area contributed by atoms with E-state index in [-0.39, 0.29) is 11.9 Å². The number of rotatable bonds is 2. The predicted octanol–water partition coefficient (Wildman–Crippen LogP) is 1.72. The van der Waals surface area contributed by atoms with Crippen LogP contribution >= 0.6 is 0 Å². The van der Waals surface area contributed by atoms with Crippen LogP contribution in [-0.2, 0) is 11.2 Å². The third kappa shape index (κ3) is 2.42. The Morgan fingerprint density at radius 1 is 1.14 bits per heavy atom. The number of nitrogens with zero attached hydrogens (tertiary/aromatic N) is 2. The molecule has 2 atom stereocenters. The van der Waals surface area contributed by atoms with E-state index >= 15 is 0 Å². The van der Waals surface area contributed by atoms with Gasteiger partial charge in [-0.25, -0.2) is 0 Å². The average molecular weight is 285 g/mol. The number of benzene rings is 1. The number of carbonyl (C=O) groups is 1. The van der Waals surface area contributed by atoms with Gasteiger partial charge in [-0.05, 0) is 44.0 Å². The maximum atomic E-state index is 12.7. The number of para-hydroxylation sites is 1. The first-order valence-corrected chi connectivity index (χ1v) is 8.18. The first-order chi connectivity index (χ1) is 10.3. The average Bonchev–Trinajstić information content (AvgIpc) is 3.24. The third-order valence-electron chi connectivity index (χ3n) is 5.20. The quantitative estimate of drug-likeness (QED) is 0.899. The number of fused-ring (bicyclic) bond motifs is 1. The molecule has 0 aliphatic carbocycles. The van der Waals surface area contributed by atoms with Crippen molar-refractivity contribution in [3.8, 4) is 0 Å². The Labute approximate surface area is 126 Å². The van der Waals surface area contributed by atoms with Gasteiger partial charge >= 0.3 is 0 Å². The summed E-state index contributed by atoms with van der Waals surface area (Å²) in [7, 11) is 0. The van der Waals surface area contributed by atoms with Gasteiger partial charge in [0.25, 0.3) is 0 Å². The van der Waals surface area contributed by atoms with Gasteiger partial charge in [-0.2, -0.15) is 0 Å². The highest BCUT2D eigenvalue weighted by atomic mass is 16.2. The summed E-state index contributed by atoms with van der Waals surface area (Å²) in [6.07, 6.45) is 4.62. The Morgan fingerprint density at radius 2 is 1.95 bits per heavy atom. The standard InChI is InChI=1S/C17H23N3O/c21-17(16-11-13-5-1-2-6-15(13)18-16)20-10-7-14(12-20)19-8-3-4-9-19/h1-2,5-6,14,16,18H,3-4,7-12H2/t14-,16+/m0/s1. The molecule has 1 aromatic rings. The number of carbonyl (C=O) groups excluding carboxylic acids is 1. The van der Waals surface area contributed by atoms with Crippen LogP contribution in [0.3, 0.4) is 0 Å². The molecule has 2 saturated heterocycles. The molecule has 0 saturated carbocycles. The maximum absolute atomic E-state index is 12.7. The van der Waals surface area contributed by atoms with Crippen molar-refractivity contribution < 1.29 is 4.79 Å². The van der Waals surface area contributed by atoms with Crippen molar-refractivity contribution in [1.29, 1.82) is 0 Å². The molecule has 4 heteroatoms. The third-order valence-corrected chi connectivity index (χ3v) is 5.20. The number of hydrogen-bond acceptors (Lipinski definition) is 3. The van der Waals surface area contributed by atoms with Crippen LogP contribution in [0.5, 0.6) is 0 Å². The fraction of sp³-hybridized carbons (Fsp3) is 0.588. The van der Waals surface area contributed by atoms with Crippen LogP contribution in [0, 0.1) is 0 Å². The minimum absolute atomic E-state index is 0.0558. The van der Waals surface area contributed by atoms with Crippen LogP contribution in [0.25, 0.3) is 0 Å². The minimum Gasteiger partial charge on any atom is -0.373 e. The molecule has 21 heavy (non-hydrogen) atoms. The SMILES string of the molecule is O=C([C@H]1Cc2ccccc2N1)N1CC[C@H](N2CCCC2)C1. The maximum Gasteiger partial charge on any atom is 0.245 e. The van der Waals surface area contributed by atoms with Crippen molar-refractivity contribution in [3.05, 3.63) is 29.8 Å². The Hall–Kier alpha value is -1.55. The van der Waals surface area contributed by atoms with Crippen LogP contribution in [-0.4, -0.2) is 54.0 Å². The summed E-state index contributed by atoms with van der Waals surface area (Å²) in [5.41, 5.74) is 2.40. The predicted molar refractivity (Wildman–Crippen MR) is 83.3 cm³/mol. The van der Waals surface area contributed by atoms with Gasteiger partial charge in [-0.15, -0.1) is 0 Å². The molecule has 112 valence electrons. The lowest BCUT2D eigenvalue weighted by Gasteiger charge is -2.25. The highest BCUT2D eigenvalue weighted by Gasteiger charge is 2.36. The molecule has 0 aromatic heterocycles. The molecule has 3 aliphatic rings. The molecule has 1 aromatic carbocycles. The van der Waals surface area contributed by atoms with Crippen molar-refractivity contribution in [1.82, 2.24) is 9.80 Å². The molecule has 0 spiro atoms. The molecule has 0 bridgehead atoms. The second-order valence-corrected chi connectivity index (χ2v) is 6.53. The number of nitrogens with one attached hydrogen (secondary N) is 1. The van der Waals surface area contributed by atoms with Gasteiger partial charge in [0.05, 0.1) is 0 Å². The zero-order chi connectivity index (χ0) is 14.2. The topological polar surface area (TPSA) is 35.6 Å². The molecule has 0 radical (unpaired) electrons. The van der Waals surface area contributed by atoms with E-state index < -0.39 is 0 Å². The van der Waals surface area contributed by atoms with Gasteiger partial charge in [-0.1, -0.05) is 18.2 Å². The summed E-state index contributed by atoms with van der Waals surface area (Å²) >= 11 is 0. The van der Waals surface area contributed by atoms with Gasteiger partial charge in [0.15, 0.2) is 0 Å². The summed E-state index contributed by atoms with van der Waals surface area (Å²) in [4.78, 5) is 17.4. The van der Waals surface area contributed by atoms with E-state index in [0.29, 0.717) is 6.04 Å². The molecule has 4 nitrogen and oxygen atoms in total. The van der Waals surface area contributed by atoms with E-state index in [9.17, 15) is 4.79 Å². The fourth-order valence-electron chi connectivity index (χ4n) is 4.01. The highest BCUT2D eigenvalue weighted by Crippen LogP contribution is 2.27. The minimum atomic E-state index is -0.0558. The largest absolute Gasteiger partial charge is 0.373 e. The molecule has 0 unspecified atom stereocenters. The van der Waals surface area contributed by atoms with Crippen molar-refractivity contribution in [2.24, 2.45) is 0 Å². The van der Waals surface area contributed by atoms with Crippen LogP contribution in [0.4, 0.5) is 5.69 Å². The van der Waals surface area contributed by atoms with E-state index in [1.807, 2.05) is 12.1 Å². The Kier molecular flexibility index (Phi) is 3.34. The van der Waals surface area contributed by atoms with Crippen molar-refractivity contribution in [3.63, 3.8) is 0 Å². The van der Waals surface area contributed by atoms with E-state index in [0.717, 1.165) is 31.6 Å². The number of hydrogen-bond donors (Lipinski definition) is 1. The normalized spacial score (nSPS) is 28.7. The van der Waals surface area contributed by atoms with Crippen LogP contribution in [0.1, 0.15) is 24.8 Å². The van der Waals surface area contributed by atoms with Crippen molar-refractivity contribution in [2.45, 2.75) is 37.8 Å². The van der Waals surface area contributed by atoms with Gasteiger partial charge in [0.2, 0.25) is 5.91 Å². The first-order valence-electron chi connectivity index (χ1n) is 8.18. The zero-order valence-corrected chi connectivity index (χ0v) is 12.4. The molecule has 2 fully saturated rings. The second-order valence-electron chi connectivity index (χ2n) is 6.53. The van der Waals surface area contributed by atoms with Gasteiger partial charge in [-0.3, -0.25) is 9.69 Å². The monoisotopic (exact) mass is 285 g/mol. The number of amides is 1. The van der Waals surface area contributed by atoms with Gasteiger partial charge in [0, 0.05) is 31.2 Å². The van der Waals surface area contributed by atoms with Gasteiger partial charge < -0.3 is 10.2 Å². The van der Waals surface area contributed by atoms with E-state index in [4.69, 9.17) is 0 Å². The lowest BCUT2D eigenvalue weighted by molar-refractivity contribution is -0.131. The molecule has 3 aliphatic heterocycles. The molecule has 3 heterocycles. The van der Waals surface area contributed by atoms with E-state index in [1.165, 1.54) is 31.5 Å². The summed E-state index contributed by atoms with van der Waals surface area (Å²) in [6.45, 7) is 4.29. The lowest BCUT2D eigenvalue weighted by atomic mass is 10.1. The molecule has 1 N–H and O–H groups in total. The first kappa shape index (κ1) is 13.1. The van der Waals surface area contributed by atoms with E-state index in [1.54, 1.807) is 0 Å². The fourth-order valence-corrected chi connectivity index (χ4v) is 4.01. The molecule has 4 rings (SSSR count). The Bertz CT molecular complexity index is 514. The van der Waals surface area contributed by atoms with E-state index in [2.05, 4.69) is 27.2 Å². The molecular weight excluding hydrogens is 262 g/mol. The summed E-state index contributed by atoms with van der Waals surface area (Å²) < 4.78 is 0. The number of likely N-dealkylation sites (tertiary alicyclic amines) is 2. The van der Waals surface area contributed by atoms with Crippen molar-refractivity contribution >= 4 is 11.6 Å². The smallest absolute Gasteiger partial charge is 0.245 e. The van der Waals surface area contributed by atoms with Crippen LogP contribution in [0.15, 0.2) is 24.3 Å². The summed E-state index contributed by atoms with van der Waals surface area (Å²) in [5, 5.41) is 3.39.